The SMILES string of the molecule is CCCN1CC2(CCN(Cc3ncccc3C)CC2)CC1C(=O)O. The quantitative estimate of drug-likeness (QED) is 0.898. The first kappa shape index (κ1) is 17.4. The van der Waals surface area contributed by atoms with Crippen LogP contribution in [0.25, 0.3) is 0 Å². The van der Waals surface area contributed by atoms with Crippen molar-refractivity contribution in [3.8, 4) is 0 Å². The molecule has 5 heteroatoms. The van der Waals surface area contributed by atoms with E-state index in [1.54, 1.807) is 0 Å². The molecule has 3 heterocycles. The summed E-state index contributed by atoms with van der Waals surface area (Å²) in [5.74, 6) is -0.646. The van der Waals surface area contributed by atoms with Crippen molar-refractivity contribution in [3.05, 3.63) is 29.6 Å². The average molecular weight is 331 g/mol. The third-order valence-electron chi connectivity index (χ3n) is 5.81. The van der Waals surface area contributed by atoms with E-state index in [1.807, 2.05) is 12.3 Å². The number of aliphatic carboxylic acids is 1. The van der Waals surface area contributed by atoms with Crippen molar-refractivity contribution in [1.82, 2.24) is 14.8 Å². The highest BCUT2D eigenvalue weighted by molar-refractivity contribution is 5.74. The van der Waals surface area contributed by atoms with Gasteiger partial charge in [0.1, 0.15) is 6.04 Å². The molecule has 0 radical (unpaired) electrons. The second-order valence-electron chi connectivity index (χ2n) is 7.57. The molecule has 0 bridgehead atoms. The fourth-order valence-corrected chi connectivity index (χ4v) is 4.35. The number of carboxylic acid groups (broad SMARTS) is 1. The Bertz CT molecular complexity index is 582. The highest BCUT2D eigenvalue weighted by Crippen LogP contribution is 2.43. The molecule has 1 atom stereocenters. The van der Waals surface area contributed by atoms with Crippen LogP contribution in [-0.2, 0) is 11.3 Å². The highest BCUT2D eigenvalue weighted by Gasteiger charge is 2.47. The second-order valence-corrected chi connectivity index (χ2v) is 7.57. The predicted octanol–water partition coefficient (Wildman–Crippen LogP) is 2.54. The number of carboxylic acids is 1. The number of aromatic nitrogens is 1. The molecule has 1 spiro atoms. The number of hydrogen-bond acceptors (Lipinski definition) is 4. The van der Waals surface area contributed by atoms with Crippen LogP contribution in [-0.4, -0.2) is 58.1 Å². The summed E-state index contributed by atoms with van der Waals surface area (Å²) in [6.45, 7) is 9.09. The van der Waals surface area contributed by atoms with Gasteiger partial charge in [0.25, 0.3) is 0 Å². The van der Waals surface area contributed by atoms with Crippen molar-refractivity contribution in [2.45, 2.75) is 52.1 Å². The van der Waals surface area contributed by atoms with Crippen LogP contribution in [0.1, 0.15) is 43.9 Å². The van der Waals surface area contributed by atoms with Gasteiger partial charge in [0.2, 0.25) is 0 Å². The predicted molar refractivity (Wildman–Crippen MR) is 93.8 cm³/mol. The van der Waals surface area contributed by atoms with Gasteiger partial charge in [-0.15, -0.1) is 0 Å². The second kappa shape index (κ2) is 7.19. The fourth-order valence-electron chi connectivity index (χ4n) is 4.35. The molecular formula is C19H29N3O2. The third kappa shape index (κ3) is 3.62. The van der Waals surface area contributed by atoms with Crippen LogP contribution in [0.4, 0.5) is 0 Å². The Kier molecular flexibility index (Phi) is 5.21. The molecule has 2 aliphatic heterocycles. The van der Waals surface area contributed by atoms with E-state index in [9.17, 15) is 9.90 Å². The summed E-state index contributed by atoms with van der Waals surface area (Å²) in [7, 11) is 0. The smallest absolute Gasteiger partial charge is 0.320 e. The standard InChI is InChI=1S/C19H29N3O2/c1-3-9-22-14-19(12-17(22)18(23)24)6-10-21(11-7-19)13-16-15(2)5-4-8-20-16/h4-5,8,17H,3,6-7,9-14H2,1-2H3,(H,23,24). The topological polar surface area (TPSA) is 56.7 Å². The van der Waals surface area contributed by atoms with E-state index in [2.05, 4.69) is 34.7 Å². The molecular weight excluding hydrogens is 302 g/mol. The van der Waals surface area contributed by atoms with Crippen molar-refractivity contribution in [2.24, 2.45) is 5.41 Å². The lowest BCUT2D eigenvalue weighted by Gasteiger charge is -2.39. The zero-order chi connectivity index (χ0) is 17.2. The lowest BCUT2D eigenvalue weighted by atomic mass is 9.76. The zero-order valence-corrected chi connectivity index (χ0v) is 14.9. The minimum atomic E-state index is -0.646. The summed E-state index contributed by atoms with van der Waals surface area (Å²) in [6.07, 6.45) is 5.90. The van der Waals surface area contributed by atoms with Gasteiger partial charge in [0.15, 0.2) is 0 Å². The highest BCUT2D eigenvalue weighted by atomic mass is 16.4. The number of carbonyl (C=O) groups is 1. The minimum Gasteiger partial charge on any atom is -0.480 e. The van der Waals surface area contributed by atoms with Gasteiger partial charge < -0.3 is 5.11 Å². The Morgan fingerprint density at radius 2 is 2.17 bits per heavy atom. The summed E-state index contributed by atoms with van der Waals surface area (Å²) in [6, 6.07) is 3.82. The fraction of sp³-hybridized carbons (Fsp3) is 0.684. The van der Waals surface area contributed by atoms with E-state index in [0.717, 1.165) is 64.1 Å². The van der Waals surface area contributed by atoms with E-state index in [0.29, 0.717) is 0 Å². The van der Waals surface area contributed by atoms with Crippen molar-refractivity contribution < 1.29 is 9.90 Å². The number of hydrogen-bond donors (Lipinski definition) is 1. The molecule has 2 aliphatic rings. The van der Waals surface area contributed by atoms with E-state index >= 15 is 0 Å². The average Bonchev–Trinajstić information content (AvgIpc) is 2.91. The normalized spacial score (nSPS) is 24.5. The van der Waals surface area contributed by atoms with E-state index in [-0.39, 0.29) is 11.5 Å². The van der Waals surface area contributed by atoms with Crippen molar-refractivity contribution >= 4 is 5.97 Å². The van der Waals surface area contributed by atoms with E-state index in [1.165, 1.54) is 5.56 Å². The summed E-state index contributed by atoms with van der Waals surface area (Å²) < 4.78 is 0. The molecule has 24 heavy (non-hydrogen) atoms. The van der Waals surface area contributed by atoms with Gasteiger partial charge >= 0.3 is 5.97 Å². The van der Waals surface area contributed by atoms with Crippen LogP contribution in [0, 0.1) is 12.3 Å². The summed E-state index contributed by atoms with van der Waals surface area (Å²) in [5.41, 5.74) is 2.61. The number of nitrogens with zero attached hydrogens (tertiary/aromatic N) is 3. The first-order chi connectivity index (χ1) is 11.5. The molecule has 1 aromatic heterocycles. The van der Waals surface area contributed by atoms with E-state index < -0.39 is 5.97 Å². The van der Waals surface area contributed by atoms with Crippen LogP contribution in [0.3, 0.4) is 0 Å². The minimum absolute atomic E-state index is 0.202. The summed E-state index contributed by atoms with van der Waals surface area (Å²) >= 11 is 0. The van der Waals surface area contributed by atoms with Crippen LogP contribution >= 0.6 is 0 Å². The molecule has 0 amide bonds. The number of pyridine rings is 1. The lowest BCUT2D eigenvalue weighted by Crippen LogP contribution is -2.41. The monoisotopic (exact) mass is 331 g/mol. The van der Waals surface area contributed by atoms with Gasteiger partial charge in [0.05, 0.1) is 5.69 Å². The van der Waals surface area contributed by atoms with Crippen LogP contribution in [0.2, 0.25) is 0 Å². The molecule has 1 N–H and O–H groups in total. The maximum absolute atomic E-state index is 11.6. The largest absolute Gasteiger partial charge is 0.480 e. The van der Waals surface area contributed by atoms with Gasteiger partial charge in [0, 0.05) is 19.3 Å². The molecule has 1 unspecified atom stereocenters. The summed E-state index contributed by atoms with van der Waals surface area (Å²) in [5, 5.41) is 9.54. The third-order valence-corrected chi connectivity index (χ3v) is 5.81. The molecule has 2 fully saturated rings. The van der Waals surface area contributed by atoms with Gasteiger partial charge in [-0.25, -0.2) is 0 Å². The maximum Gasteiger partial charge on any atom is 0.320 e. The molecule has 2 saturated heterocycles. The Labute approximate surface area is 144 Å². The number of aryl methyl sites for hydroxylation is 1. The van der Waals surface area contributed by atoms with Crippen LogP contribution in [0.5, 0.6) is 0 Å². The number of rotatable bonds is 5. The Hall–Kier alpha value is -1.46. The number of piperidine rings is 1. The van der Waals surface area contributed by atoms with Crippen LogP contribution in [0.15, 0.2) is 18.3 Å². The molecule has 0 saturated carbocycles. The number of likely N-dealkylation sites (tertiary alicyclic amines) is 2. The first-order valence-corrected chi connectivity index (χ1v) is 9.13. The van der Waals surface area contributed by atoms with Gasteiger partial charge in [-0.05, 0) is 69.3 Å². The zero-order valence-electron chi connectivity index (χ0n) is 14.9. The van der Waals surface area contributed by atoms with Gasteiger partial charge in [-0.1, -0.05) is 13.0 Å². The van der Waals surface area contributed by atoms with Crippen molar-refractivity contribution in [3.63, 3.8) is 0 Å². The van der Waals surface area contributed by atoms with Gasteiger partial charge in [-0.2, -0.15) is 0 Å². The summed E-state index contributed by atoms with van der Waals surface area (Å²) in [4.78, 5) is 20.8. The maximum atomic E-state index is 11.6. The lowest BCUT2D eigenvalue weighted by molar-refractivity contribution is -0.142. The molecule has 5 nitrogen and oxygen atoms in total. The van der Waals surface area contributed by atoms with Gasteiger partial charge in [-0.3, -0.25) is 19.6 Å². The molecule has 0 aliphatic carbocycles. The Balaban J connectivity index is 1.60. The molecule has 132 valence electrons. The van der Waals surface area contributed by atoms with Crippen molar-refractivity contribution in [2.75, 3.05) is 26.2 Å². The Morgan fingerprint density at radius 1 is 1.42 bits per heavy atom. The molecule has 3 rings (SSSR count). The Morgan fingerprint density at radius 3 is 2.79 bits per heavy atom. The molecule has 0 aromatic carbocycles. The molecule has 1 aromatic rings. The van der Waals surface area contributed by atoms with E-state index in [4.69, 9.17) is 0 Å². The van der Waals surface area contributed by atoms with Crippen molar-refractivity contribution in [1.29, 1.82) is 0 Å². The van der Waals surface area contributed by atoms with Crippen LogP contribution < -0.4 is 0 Å². The first-order valence-electron chi connectivity index (χ1n) is 9.13.